The lowest BCUT2D eigenvalue weighted by Gasteiger charge is -2.44. The van der Waals surface area contributed by atoms with E-state index in [4.69, 9.17) is 23.7 Å². The van der Waals surface area contributed by atoms with Crippen molar-refractivity contribution in [2.75, 3.05) is 6.61 Å². The molecule has 0 bridgehead atoms. The van der Waals surface area contributed by atoms with E-state index >= 15 is 0 Å². The fourth-order valence-corrected chi connectivity index (χ4v) is 3.69. The lowest BCUT2D eigenvalue weighted by molar-refractivity contribution is -0.252. The van der Waals surface area contributed by atoms with Gasteiger partial charge in [0.1, 0.15) is 18.8 Å². The van der Waals surface area contributed by atoms with Crippen molar-refractivity contribution in [2.24, 2.45) is 0 Å². The molecule has 0 aromatic heterocycles. The summed E-state index contributed by atoms with van der Waals surface area (Å²) in [6, 6.07) is 7.63. The number of hydrogen-bond acceptors (Lipinski definition) is 9. The summed E-state index contributed by atoms with van der Waals surface area (Å²) in [6.45, 7) is 4.60. The number of carbonyl (C=O) groups is 4. The molecule has 10 heteroatoms. The fourth-order valence-electron chi connectivity index (χ4n) is 3.34. The summed E-state index contributed by atoms with van der Waals surface area (Å²) >= 11 is 2.18. The molecule has 170 valence electrons. The van der Waals surface area contributed by atoms with Gasteiger partial charge in [-0.15, -0.1) is 0 Å². The lowest BCUT2D eigenvalue weighted by atomic mass is 9.91. The Labute approximate surface area is 193 Å². The molecule has 5 unspecified atom stereocenters. The van der Waals surface area contributed by atoms with E-state index in [1.807, 2.05) is 24.3 Å². The maximum Gasteiger partial charge on any atom is 0.303 e. The Kier molecular flexibility index (Phi) is 9.23. The standard InChI is InChI=1S/C21H25IO9/c1-11(23)27-10-18-20(29-13(3)25)21(30-14(4)26)19(28-12(2)24)17(31-18)9-15-5-7-16(22)8-6-15/h5-8,17-21H,9-10H2,1-4H3. The Bertz CT molecular complexity index is 808. The van der Waals surface area contributed by atoms with Crippen molar-refractivity contribution in [1.82, 2.24) is 0 Å². The van der Waals surface area contributed by atoms with Crippen LogP contribution >= 0.6 is 22.6 Å². The second-order valence-corrected chi connectivity index (χ2v) is 8.31. The summed E-state index contributed by atoms with van der Waals surface area (Å²) in [4.78, 5) is 46.7. The highest BCUT2D eigenvalue weighted by Crippen LogP contribution is 2.31. The van der Waals surface area contributed by atoms with E-state index in [0.717, 1.165) is 9.13 Å². The molecule has 0 saturated carbocycles. The first-order chi connectivity index (χ1) is 14.6. The average Bonchev–Trinajstić information content (AvgIpc) is 2.65. The smallest absolute Gasteiger partial charge is 0.303 e. The van der Waals surface area contributed by atoms with Gasteiger partial charge >= 0.3 is 23.9 Å². The number of halogens is 1. The molecule has 0 N–H and O–H groups in total. The monoisotopic (exact) mass is 548 g/mol. The van der Waals surface area contributed by atoms with Gasteiger partial charge in [-0.2, -0.15) is 0 Å². The van der Waals surface area contributed by atoms with Gasteiger partial charge in [0.25, 0.3) is 0 Å². The molecule has 0 amide bonds. The molecule has 1 aromatic rings. The molecule has 9 nitrogen and oxygen atoms in total. The Morgan fingerprint density at radius 1 is 0.774 bits per heavy atom. The summed E-state index contributed by atoms with van der Waals surface area (Å²) in [5, 5.41) is 0. The zero-order valence-electron chi connectivity index (χ0n) is 17.7. The molecule has 1 aliphatic rings. The van der Waals surface area contributed by atoms with Crippen molar-refractivity contribution in [3.63, 3.8) is 0 Å². The fraction of sp³-hybridized carbons (Fsp3) is 0.524. The number of benzene rings is 1. The number of carbonyl (C=O) groups excluding carboxylic acids is 4. The zero-order valence-corrected chi connectivity index (χ0v) is 19.8. The average molecular weight is 548 g/mol. The number of ether oxygens (including phenoxy) is 5. The second kappa shape index (κ2) is 11.4. The molecule has 1 heterocycles. The highest BCUT2D eigenvalue weighted by Gasteiger charge is 2.51. The zero-order chi connectivity index (χ0) is 23.1. The van der Waals surface area contributed by atoms with Crippen LogP contribution in [0.4, 0.5) is 0 Å². The van der Waals surface area contributed by atoms with Crippen LogP contribution in [0.2, 0.25) is 0 Å². The van der Waals surface area contributed by atoms with Gasteiger partial charge in [-0.3, -0.25) is 19.2 Å². The van der Waals surface area contributed by atoms with Crippen LogP contribution in [-0.4, -0.2) is 61.0 Å². The minimum Gasteiger partial charge on any atom is -0.463 e. The molecule has 31 heavy (non-hydrogen) atoms. The normalized spacial score (nSPS) is 25.3. The highest BCUT2D eigenvalue weighted by molar-refractivity contribution is 14.1. The molecule has 5 atom stereocenters. The minimum atomic E-state index is -1.14. The first kappa shape index (κ1) is 25.1. The van der Waals surface area contributed by atoms with Gasteiger partial charge in [-0.05, 0) is 40.3 Å². The van der Waals surface area contributed by atoms with Crippen molar-refractivity contribution in [2.45, 2.75) is 64.6 Å². The van der Waals surface area contributed by atoms with Crippen LogP contribution in [0.15, 0.2) is 24.3 Å². The van der Waals surface area contributed by atoms with Crippen LogP contribution in [0.1, 0.15) is 33.3 Å². The van der Waals surface area contributed by atoms with Crippen molar-refractivity contribution in [1.29, 1.82) is 0 Å². The van der Waals surface area contributed by atoms with E-state index in [1.54, 1.807) is 0 Å². The molecule has 0 aliphatic carbocycles. The van der Waals surface area contributed by atoms with Crippen LogP contribution in [0.5, 0.6) is 0 Å². The molecule has 1 aromatic carbocycles. The third-order valence-corrected chi connectivity index (χ3v) is 5.16. The SMILES string of the molecule is CC(=O)OCC1OC(Cc2ccc(I)cc2)C(OC(C)=O)C(OC(C)=O)C1OC(C)=O. The summed E-state index contributed by atoms with van der Waals surface area (Å²) in [5.41, 5.74) is 0.890. The Morgan fingerprint density at radius 3 is 1.74 bits per heavy atom. The number of hydrogen-bond donors (Lipinski definition) is 0. The van der Waals surface area contributed by atoms with Crippen LogP contribution < -0.4 is 0 Å². The Hall–Kier alpha value is -2.21. The molecule has 1 saturated heterocycles. The molecular formula is C21H25IO9. The van der Waals surface area contributed by atoms with Gasteiger partial charge in [-0.1, -0.05) is 12.1 Å². The third kappa shape index (κ3) is 7.76. The van der Waals surface area contributed by atoms with Crippen molar-refractivity contribution < 1.29 is 42.9 Å². The third-order valence-electron chi connectivity index (χ3n) is 4.44. The maximum atomic E-state index is 11.8. The van der Waals surface area contributed by atoms with Gasteiger partial charge in [0, 0.05) is 37.7 Å². The van der Waals surface area contributed by atoms with Gasteiger partial charge in [0.05, 0.1) is 0 Å². The van der Waals surface area contributed by atoms with E-state index < -0.39 is 54.4 Å². The van der Waals surface area contributed by atoms with E-state index in [1.165, 1.54) is 27.7 Å². The molecule has 1 fully saturated rings. The van der Waals surface area contributed by atoms with Gasteiger partial charge in [0.15, 0.2) is 18.3 Å². The topological polar surface area (TPSA) is 114 Å². The summed E-state index contributed by atoms with van der Waals surface area (Å²) in [5.74, 6) is -2.47. The first-order valence-electron chi connectivity index (χ1n) is 9.61. The van der Waals surface area contributed by atoms with Crippen LogP contribution in [0, 0.1) is 3.57 Å². The lowest BCUT2D eigenvalue weighted by Crippen LogP contribution is -2.62. The molecule has 2 rings (SSSR count). The Morgan fingerprint density at radius 2 is 1.26 bits per heavy atom. The first-order valence-corrected chi connectivity index (χ1v) is 10.7. The molecule has 1 aliphatic heterocycles. The van der Waals surface area contributed by atoms with E-state index in [2.05, 4.69) is 22.6 Å². The summed E-state index contributed by atoms with van der Waals surface area (Å²) < 4.78 is 28.4. The predicted molar refractivity (Wildman–Crippen MR) is 115 cm³/mol. The second-order valence-electron chi connectivity index (χ2n) is 7.07. The van der Waals surface area contributed by atoms with Crippen molar-refractivity contribution >= 4 is 46.5 Å². The van der Waals surface area contributed by atoms with Crippen molar-refractivity contribution in [3.8, 4) is 0 Å². The highest BCUT2D eigenvalue weighted by atomic mass is 127. The van der Waals surface area contributed by atoms with Gasteiger partial charge in [0.2, 0.25) is 0 Å². The molecular weight excluding hydrogens is 523 g/mol. The van der Waals surface area contributed by atoms with Crippen molar-refractivity contribution in [3.05, 3.63) is 33.4 Å². The molecule has 0 radical (unpaired) electrons. The minimum absolute atomic E-state index is 0.235. The van der Waals surface area contributed by atoms with E-state index in [-0.39, 0.29) is 6.61 Å². The predicted octanol–water partition coefficient (Wildman–Crippen LogP) is 1.96. The van der Waals surface area contributed by atoms with E-state index in [0.29, 0.717) is 6.42 Å². The number of rotatable bonds is 7. The van der Waals surface area contributed by atoms with Crippen LogP contribution in [0.3, 0.4) is 0 Å². The van der Waals surface area contributed by atoms with Crippen LogP contribution in [-0.2, 0) is 49.3 Å². The van der Waals surface area contributed by atoms with E-state index in [9.17, 15) is 19.2 Å². The van der Waals surface area contributed by atoms with Crippen LogP contribution in [0.25, 0.3) is 0 Å². The van der Waals surface area contributed by atoms with Gasteiger partial charge in [-0.25, -0.2) is 0 Å². The molecule has 0 spiro atoms. The summed E-state index contributed by atoms with van der Waals surface area (Å²) in [6.07, 6.45) is -4.70. The quantitative estimate of drug-likeness (QED) is 0.287. The number of esters is 4. The summed E-state index contributed by atoms with van der Waals surface area (Å²) in [7, 11) is 0. The Balaban J connectivity index is 2.43. The van der Waals surface area contributed by atoms with Gasteiger partial charge < -0.3 is 23.7 Å². The largest absolute Gasteiger partial charge is 0.463 e. The maximum absolute atomic E-state index is 11.8.